The zero-order chi connectivity index (χ0) is 16.2. The molecule has 1 atom stereocenters. The first-order chi connectivity index (χ1) is 9.69. The number of ether oxygens (including phenoxy) is 1. The van der Waals surface area contributed by atoms with Crippen LogP contribution in [-0.2, 0) is 19.6 Å². The van der Waals surface area contributed by atoms with Gasteiger partial charge in [0.2, 0.25) is 10.0 Å². The van der Waals surface area contributed by atoms with Crippen molar-refractivity contribution in [1.29, 1.82) is 0 Å². The number of benzene rings is 1. The van der Waals surface area contributed by atoms with Crippen LogP contribution >= 0.6 is 0 Å². The lowest BCUT2D eigenvalue weighted by Crippen LogP contribution is -2.44. The van der Waals surface area contributed by atoms with Crippen molar-refractivity contribution >= 4 is 21.7 Å². The Hall–Kier alpha value is -2.00. The fraction of sp³-hybridized carbons (Fsp3) is 0.417. The molecule has 0 spiro atoms. The molecular weight excluding hydrogens is 300 g/mol. The number of carbonyl (C=O) groups excluding carboxylic acids is 1. The van der Waals surface area contributed by atoms with E-state index in [1.807, 2.05) is 0 Å². The van der Waals surface area contributed by atoms with Gasteiger partial charge in [-0.15, -0.1) is 0 Å². The van der Waals surface area contributed by atoms with Crippen LogP contribution in [0.4, 0.5) is 5.69 Å². The van der Waals surface area contributed by atoms with E-state index in [-0.39, 0.29) is 16.5 Å². The maximum Gasteiger partial charge on any atom is 0.324 e. The molecule has 1 rings (SSSR count). The van der Waals surface area contributed by atoms with Crippen LogP contribution in [0.1, 0.15) is 13.8 Å². The van der Waals surface area contributed by atoms with Crippen LogP contribution in [0.2, 0.25) is 0 Å². The van der Waals surface area contributed by atoms with Crippen LogP contribution in [-0.4, -0.2) is 32.5 Å². The summed E-state index contributed by atoms with van der Waals surface area (Å²) >= 11 is 0. The summed E-state index contributed by atoms with van der Waals surface area (Å²) in [5.41, 5.74) is -0.350. The summed E-state index contributed by atoms with van der Waals surface area (Å²) in [6.45, 7) is 3.30. The molecule has 116 valence electrons. The smallest absolute Gasteiger partial charge is 0.324 e. The maximum absolute atomic E-state index is 12.2. The summed E-state index contributed by atoms with van der Waals surface area (Å²) in [4.78, 5) is 21.3. The first kappa shape index (κ1) is 17.1. The molecule has 0 aromatic heterocycles. The Labute approximate surface area is 122 Å². The van der Waals surface area contributed by atoms with Crippen molar-refractivity contribution in [3.63, 3.8) is 0 Å². The van der Waals surface area contributed by atoms with Gasteiger partial charge in [0, 0.05) is 12.1 Å². The molecule has 21 heavy (non-hydrogen) atoms. The molecule has 0 bridgehead atoms. The quantitative estimate of drug-likeness (QED) is 0.477. The number of carbonyl (C=O) groups is 1. The van der Waals surface area contributed by atoms with E-state index in [9.17, 15) is 23.3 Å². The number of nitro groups is 1. The highest BCUT2D eigenvalue weighted by Crippen LogP contribution is 2.18. The van der Waals surface area contributed by atoms with Gasteiger partial charge < -0.3 is 4.74 Å². The van der Waals surface area contributed by atoms with E-state index in [1.165, 1.54) is 18.2 Å². The van der Waals surface area contributed by atoms with E-state index in [0.29, 0.717) is 0 Å². The molecule has 0 radical (unpaired) electrons. The molecule has 0 heterocycles. The molecular formula is C12H16N2O6S. The molecule has 0 aliphatic rings. The third kappa shape index (κ3) is 4.23. The highest BCUT2D eigenvalue weighted by atomic mass is 32.2. The van der Waals surface area contributed by atoms with Gasteiger partial charge >= 0.3 is 5.97 Å². The first-order valence-corrected chi connectivity index (χ1v) is 7.52. The van der Waals surface area contributed by atoms with Gasteiger partial charge in [-0.05, 0) is 12.0 Å². The number of non-ortho nitro benzene ring substituents is 1. The van der Waals surface area contributed by atoms with Crippen molar-refractivity contribution in [2.75, 3.05) is 7.11 Å². The highest BCUT2D eigenvalue weighted by molar-refractivity contribution is 7.89. The Bertz CT molecular complexity index is 641. The summed E-state index contributed by atoms with van der Waals surface area (Å²) < 4.78 is 31.1. The number of hydrogen-bond acceptors (Lipinski definition) is 6. The van der Waals surface area contributed by atoms with E-state index in [2.05, 4.69) is 9.46 Å². The van der Waals surface area contributed by atoms with Crippen LogP contribution < -0.4 is 4.72 Å². The Morgan fingerprint density at radius 2 is 2.00 bits per heavy atom. The largest absolute Gasteiger partial charge is 0.468 e. The Kier molecular flexibility index (Phi) is 5.39. The molecule has 1 N–H and O–H groups in total. The van der Waals surface area contributed by atoms with Gasteiger partial charge in [-0.3, -0.25) is 14.9 Å². The summed E-state index contributed by atoms with van der Waals surface area (Å²) in [5.74, 6) is -1.06. The number of nitrogens with zero attached hydrogens (tertiary/aromatic N) is 1. The molecule has 0 amide bonds. The lowest BCUT2D eigenvalue weighted by molar-refractivity contribution is -0.385. The second-order valence-electron chi connectivity index (χ2n) is 4.62. The van der Waals surface area contributed by atoms with Crippen molar-refractivity contribution < 1.29 is 22.9 Å². The van der Waals surface area contributed by atoms with Crippen molar-refractivity contribution in [3.8, 4) is 0 Å². The van der Waals surface area contributed by atoms with E-state index < -0.39 is 27.0 Å². The molecule has 0 saturated carbocycles. The SMILES string of the molecule is COC(=O)C(NS(=O)(=O)c1cccc([N+](=O)[O-])c1)C(C)C. The second-order valence-corrected chi connectivity index (χ2v) is 6.33. The predicted molar refractivity (Wildman–Crippen MR) is 74.1 cm³/mol. The number of esters is 1. The van der Waals surface area contributed by atoms with Gasteiger partial charge in [-0.1, -0.05) is 19.9 Å². The van der Waals surface area contributed by atoms with Crippen molar-refractivity contribution in [2.45, 2.75) is 24.8 Å². The van der Waals surface area contributed by atoms with E-state index in [1.54, 1.807) is 13.8 Å². The van der Waals surface area contributed by atoms with E-state index >= 15 is 0 Å². The van der Waals surface area contributed by atoms with Gasteiger partial charge in [0.1, 0.15) is 6.04 Å². The topological polar surface area (TPSA) is 116 Å². The summed E-state index contributed by atoms with van der Waals surface area (Å²) in [6.07, 6.45) is 0. The number of sulfonamides is 1. The number of hydrogen-bond donors (Lipinski definition) is 1. The molecule has 0 aliphatic carbocycles. The minimum atomic E-state index is -4.07. The minimum absolute atomic E-state index is 0.286. The van der Waals surface area contributed by atoms with Crippen molar-refractivity contribution in [1.82, 2.24) is 4.72 Å². The average molecular weight is 316 g/mol. The lowest BCUT2D eigenvalue weighted by Gasteiger charge is -2.19. The Balaban J connectivity index is 3.13. The first-order valence-electron chi connectivity index (χ1n) is 6.03. The van der Waals surface area contributed by atoms with Gasteiger partial charge in [-0.2, -0.15) is 4.72 Å². The van der Waals surface area contributed by atoms with E-state index in [0.717, 1.165) is 13.2 Å². The zero-order valence-electron chi connectivity index (χ0n) is 11.8. The summed E-state index contributed by atoms with van der Waals surface area (Å²) in [5, 5.41) is 10.7. The van der Waals surface area contributed by atoms with Crippen LogP contribution in [0.15, 0.2) is 29.2 Å². The zero-order valence-corrected chi connectivity index (χ0v) is 12.6. The predicted octanol–water partition coefficient (Wildman–Crippen LogP) is 1.07. The van der Waals surface area contributed by atoms with Gasteiger partial charge in [0.15, 0.2) is 0 Å². The van der Waals surface area contributed by atoms with Crippen LogP contribution in [0.5, 0.6) is 0 Å². The van der Waals surface area contributed by atoms with Crippen LogP contribution in [0.25, 0.3) is 0 Å². The summed E-state index contributed by atoms with van der Waals surface area (Å²) in [7, 11) is -2.92. The standard InChI is InChI=1S/C12H16N2O6S/c1-8(2)11(12(15)20-3)13-21(18,19)10-6-4-5-9(7-10)14(16)17/h4-8,11,13H,1-3H3. The minimum Gasteiger partial charge on any atom is -0.468 e. The summed E-state index contributed by atoms with van der Waals surface area (Å²) in [6, 6.07) is 3.51. The fourth-order valence-corrected chi connectivity index (χ4v) is 2.96. The van der Waals surface area contributed by atoms with Gasteiger partial charge in [-0.25, -0.2) is 8.42 Å². The Morgan fingerprint density at radius 1 is 1.38 bits per heavy atom. The number of nitro benzene ring substituents is 1. The fourth-order valence-electron chi connectivity index (χ4n) is 1.58. The van der Waals surface area contributed by atoms with Crippen molar-refractivity contribution in [3.05, 3.63) is 34.4 Å². The van der Waals surface area contributed by atoms with E-state index in [4.69, 9.17) is 0 Å². The Morgan fingerprint density at radius 3 is 2.48 bits per heavy atom. The van der Waals surface area contributed by atoms with Crippen LogP contribution in [0.3, 0.4) is 0 Å². The number of methoxy groups -OCH3 is 1. The van der Waals surface area contributed by atoms with Crippen molar-refractivity contribution in [2.24, 2.45) is 5.92 Å². The third-order valence-electron chi connectivity index (χ3n) is 2.74. The molecule has 0 fully saturated rings. The van der Waals surface area contributed by atoms with Crippen LogP contribution in [0, 0.1) is 16.0 Å². The monoisotopic (exact) mass is 316 g/mol. The molecule has 0 aliphatic heterocycles. The molecule has 9 heteroatoms. The average Bonchev–Trinajstić information content (AvgIpc) is 2.43. The second kappa shape index (κ2) is 6.64. The normalized spacial score (nSPS) is 13.0. The molecule has 1 aromatic carbocycles. The molecule has 0 saturated heterocycles. The number of nitrogens with one attached hydrogen (secondary N) is 1. The molecule has 1 unspecified atom stereocenters. The van der Waals surface area contributed by atoms with Gasteiger partial charge in [0.05, 0.1) is 16.9 Å². The number of rotatable bonds is 6. The highest BCUT2D eigenvalue weighted by Gasteiger charge is 2.29. The van der Waals surface area contributed by atoms with Gasteiger partial charge in [0.25, 0.3) is 5.69 Å². The maximum atomic E-state index is 12.2. The molecule has 1 aromatic rings. The third-order valence-corrected chi connectivity index (χ3v) is 4.18. The lowest BCUT2D eigenvalue weighted by atomic mass is 10.1. The molecule has 8 nitrogen and oxygen atoms in total.